The molecule has 37 heavy (non-hydrogen) atoms. The van der Waals surface area contributed by atoms with Crippen molar-refractivity contribution in [2.45, 2.75) is 33.4 Å². The molecule has 4 amide bonds. The van der Waals surface area contributed by atoms with E-state index in [2.05, 4.69) is 10.6 Å². The van der Waals surface area contributed by atoms with Crippen LogP contribution >= 0.6 is 0 Å². The van der Waals surface area contributed by atoms with Gasteiger partial charge in [-0.2, -0.15) is 0 Å². The number of benzene rings is 3. The second kappa shape index (κ2) is 10.4. The minimum Gasteiger partial charge on any atom is -0.427 e. The van der Waals surface area contributed by atoms with Crippen molar-refractivity contribution in [3.8, 4) is 5.75 Å². The number of hydrogen-bond donors (Lipinski definition) is 2. The maximum atomic E-state index is 13.0. The van der Waals surface area contributed by atoms with E-state index in [1.54, 1.807) is 56.3 Å². The van der Waals surface area contributed by atoms with Gasteiger partial charge in [0.25, 0.3) is 23.6 Å². The number of carbonyl (C=O) groups excluding carboxylic acids is 5. The second-order valence-electron chi connectivity index (χ2n) is 8.75. The highest BCUT2D eigenvalue weighted by Crippen LogP contribution is 2.26. The smallest absolute Gasteiger partial charge is 0.308 e. The number of para-hydroxylation sites is 1. The van der Waals surface area contributed by atoms with Gasteiger partial charge < -0.3 is 15.4 Å². The molecule has 3 aromatic carbocycles. The fourth-order valence-corrected chi connectivity index (χ4v) is 4.00. The molecule has 0 bridgehead atoms. The van der Waals surface area contributed by atoms with Gasteiger partial charge in [-0.3, -0.25) is 28.9 Å². The van der Waals surface area contributed by atoms with Gasteiger partial charge in [0.1, 0.15) is 5.75 Å². The second-order valence-corrected chi connectivity index (χ2v) is 8.75. The molecule has 2 N–H and O–H groups in total. The van der Waals surface area contributed by atoms with Crippen molar-refractivity contribution < 1.29 is 28.7 Å². The maximum absolute atomic E-state index is 13.0. The van der Waals surface area contributed by atoms with E-state index in [0.29, 0.717) is 16.8 Å². The maximum Gasteiger partial charge on any atom is 0.308 e. The van der Waals surface area contributed by atoms with E-state index in [1.165, 1.54) is 36.1 Å². The number of anilines is 1. The van der Waals surface area contributed by atoms with Crippen LogP contribution in [0.15, 0.2) is 66.7 Å². The summed E-state index contributed by atoms with van der Waals surface area (Å²) in [5.41, 5.74) is 2.14. The number of hydrogen-bond acceptors (Lipinski definition) is 6. The van der Waals surface area contributed by atoms with Crippen molar-refractivity contribution in [3.05, 3.63) is 94.5 Å². The number of fused-ring (bicyclic) bond motifs is 1. The Hall–Kier alpha value is -4.79. The average Bonchev–Trinajstić information content (AvgIpc) is 3.12. The van der Waals surface area contributed by atoms with E-state index < -0.39 is 17.8 Å². The Morgan fingerprint density at radius 2 is 1.54 bits per heavy atom. The van der Waals surface area contributed by atoms with Crippen LogP contribution in [0.4, 0.5) is 5.69 Å². The largest absolute Gasteiger partial charge is 0.427 e. The zero-order chi connectivity index (χ0) is 26.7. The lowest BCUT2D eigenvalue weighted by Crippen LogP contribution is -2.35. The molecule has 0 atom stereocenters. The van der Waals surface area contributed by atoms with E-state index >= 15 is 0 Å². The average molecular weight is 500 g/mol. The van der Waals surface area contributed by atoms with E-state index in [-0.39, 0.29) is 46.8 Å². The summed E-state index contributed by atoms with van der Waals surface area (Å²) in [5.74, 6) is -1.87. The number of carbonyl (C=O) groups is 5. The zero-order valence-electron chi connectivity index (χ0n) is 20.5. The van der Waals surface area contributed by atoms with Crippen LogP contribution < -0.4 is 15.4 Å². The molecule has 0 saturated heterocycles. The quantitative estimate of drug-likeness (QED) is 0.290. The molecule has 0 saturated carbocycles. The Kier molecular flexibility index (Phi) is 7.15. The first-order valence-corrected chi connectivity index (χ1v) is 11.6. The van der Waals surface area contributed by atoms with Gasteiger partial charge in [0.05, 0.1) is 11.1 Å². The normalized spacial score (nSPS) is 12.4. The van der Waals surface area contributed by atoms with Gasteiger partial charge in [0.15, 0.2) is 0 Å². The highest BCUT2D eigenvalue weighted by molar-refractivity contribution is 6.22. The van der Waals surface area contributed by atoms with E-state index in [1.807, 2.05) is 0 Å². The number of nitrogens with zero attached hydrogens (tertiary/aromatic N) is 1. The number of nitrogens with one attached hydrogen (secondary N) is 2. The predicted molar refractivity (Wildman–Crippen MR) is 135 cm³/mol. The van der Waals surface area contributed by atoms with Crippen LogP contribution in [0.2, 0.25) is 0 Å². The third-order valence-corrected chi connectivity index (χ3v) is 5.76. The third-order valence-electron chi connectivity index (χ3n) is 5.76. The molecule has 9 heteroatoms. The molecule has 1 aliphatic rings. The monoisotopic (exact) mass is 499 g/mol. The Labute approximate surface area is 213 Å². The van der Waals surface area contributed by atoms with Crippen LogP contribution in [0, 0.1) is 0 Å². The molecule has 4 rings (SSSR count). The molecule has 0 aromatic heterocycles. The minimum absolute atomic E-state index is 0.119. The van der Waals surface area contributed by atoms with Gasteiger partial charge in [-0.1, -0.05) is 24.3 Å². The summed E-state index contributed by atoms with van der Waals surface area (Å²) in [6.45, 7) is 4.90. The van der Waals surface area contributed by atoms with Crippen LogP contribution in [0.1, 0.15) is 67.8 Å². The summed E-state index contributed by atoms with van der Waals surface area (Å²) in [6, 6.07) is 17.3. The molecule has 1 heterocycles. The van der Waals surface area contributed by atoms with Gasteiger partial charge in [-0.15, -0.1) is 0 Å². The predicted octanol–water partition coefficient (Wildman–Crippen LogP) is 3.80. The van der Waals surface area contributed by atoms with Gasteiger partial charge in [0, 0.05) is 36.3 Å². The first kappa shape index (κ1) is 25.3. The van der Waals surface area contributed by atoms with E-state index in [9.17, 15) is 24.0 Å². The van der Waals surface area contributed by atoms with E-state index in [0.717, 1.165) is 0 Å². The van der Waals surface area contributed by atoms with Crippen molar-refractivity contribution in [3.63, 3.8) is 0 Å². The van der Waals surface area contributed by atoms with Crippen LogP contribution in [0.3, 0.4) is 0 Å². The van der Waals surface area contributed by atoms with Crippen LogP contribution in [-0.4, -0.2) is 40.5 Å². The Balaban J connectivity index is 1.47. The summed E-state index contributed by atoms with van der Waals surface area (Å²) in [6.07, 6.45) is 0. The lowest BCUT2D eigenvalue weighted by atomic mass is 10.0. The number of esters is 1. The fraction of sp³-hybridized carbons (Fsp3) is 0.179. The molecule has 0 unspecified atom stereocenters. The fourth-order valence-electron chi connectivity index (χ4n) is 4.00. The Morgan fingerprint density at radius 1 is 0.838 bits per heavy atom. The molecule has 0 aliphatic carbocycles. The van der Waals surface area contributed by atoms with Crippen LogP contribution in [0.25, 0.3) is 0 Å². The molecule has 9 nitrogen and oxygen atoms in total. The van der Waals surface area contributed by atoms with Crippen molar-refractivity contribution in [2.75, 3.05) is 5.32 Å². The number of imide groups is 1. The lowest BCUT2D eigenvalue weighted by molar-refractivity contribution is -0.131. The van der Waals surface area contributed by atoms with Gasteiger partial charge >= 0.3 is 5.97 Å². The lowest BCUT2D eigenvalue weighted by Gasteiger charge is -2.17. The van der Waals surface area contributed by atoms with Gasteiger partial charge in [0.2, 0.25) is 0 Å². The van der Waals surface area contributed by atoms with Gasteiger partial charge in [-0.25, -0.2) is 0 Å². The molecule has 3 aromatic rings. The molecule has 0 spiro atoms. The zero-order valence-corrected chi connectivity index (χ0v) is 20.5. The highest BCUT2D eigenvalue weighted by atomic mass is 16.5. The molecular weight excluding hydrogens is 474 g/mol. The van der Waals surface area contributed by atoms with E-state index in [4.69, 9.17) is 4.74 Å². The van der Waals surface area contributed by atoms with Crippen molar-refractivity contribution in [1.29, 1.82) is 0 Å². The number of rotatable bonds is 7. The van der Waals surface area contributed by atoms with Crippen molar-refractivity contribution in [1.82, 2.24) is 10.2 Å². The summed E-state index contributed by atoms with van der Waals surface area (Å²) in [5, 5.41) is 5.61. The molecule has 0 fully saturated rings. The Bertz CT molecular complexity index is 1430. The number of ether oxygens (including phenoxy) is 1. The first-order valence-electron chi connectivity index (χ1n) is 11.6. The Morgan fingerprint density at radius 3 is 2.27 bits per heavy atom. The third kappa shape index (κ3) is 5.40. The molecule has 1 aliphatic heterocycles. The molecule has 188 valence electrons. The summed E-state index contributed by atoms with van der Waals surface area (Å²) >= 11 is 0. The SMILES string of the molecule is CC(=O)Oc1cccc(C(=O)NCc2ccccc2NC(=O)c2ccc3c(c2)C(=O)N(C(C)C)C3=O)c1. The van der Waals surface area contributed by atoms with Crippen molar-refractivity contribution in [2.24, 2.45) is 0 Å². The topological polar surface area (TPSA) is 122 Å². The molecular formula is C28H25N3O6. The first-order chi connectivity index (χ1) is 17.7. The van der Waals surface area contributed by atoms with Gasteiger partial charge in [-0.05, 0) is 61.9 Å². The highest BCUT2D eigenvalue weighted by Gasteiger charge is 2.37. The van der Waals surface area contributed by atoms with Crippen LogP contribution in [0.5, 0.6) is 5.75 Å². The standard InChI is InChI=1S/C28H25N3O6/c1-16(2)31-27(35)22-12-11-19(14-23(22)28(31)36)26(34)30-24-10-5-4-7-20(24)15-29-25(33)18-8-6-9-21(13-18)37-17(3)32/h4-14,16H,15H2,1-3H3,(H,29,33)(H,30,34). The number of amides is 4. The summed E-state index contributed by atoms with van der Waals surface area (Å²) < 4.78 is 5.02. The summed E-state index contributed by atoms with van der Waals surface area (Å²) in [7, 11) is 0. The van der Waals surface area contributed by atoms with Crippen LogP contribution in [-0.2, 0) is 11.3 Å². The molecule has 0 radical (unpaired) electrons. The van der Waals surface area contributed by atoms with Crippen molar-refractivity contribution >= 4 is 35.3 Å². The minimum atomic E-state index is -0.487. The summed E-state index contributed by atoms with van der Waals surface area (Å²) in [4.78, 5) is 63.2.